The van der Waals surface area contributed by atoms with Crippen LogP contribution in [-0.2, 0) is 9.53 Å². The van der Waals surface area contributed by atoms with Crippen LogP contribution in [0.15, 0.2) is 60.7 Å². The first-order valence-corrected chi connectivity index (χ1v) is 9.22. The molecule has 2 atom stereocenters. The molecule has 2 unspecified atom stereocenters. The molecule has 6 nitrogen and oxygen atoms in total. The van der Waals surface area contributed by atoms with Crippen molar-refractivity contribution in [2.45, 2.75) is 18.6 Å². The number of esters is 1. The van der Waals surface area contributed by atoms with Crippen molar-refractivity contribution in [3.63, 3.8) is 0 Å². The van der Waals surface area contributed by atoms with E-state index in [2.05, 4.69) is 4.98 Å². The van der Waals surface area contributed by atoms with Gasteiger partial charge >= 0.3 is 5.97 Å². The Labute approximate surface area is 166 Å². The van der Waals surface area contributed by atoms with Gasteiger partial charge in [0, 0.05) is 11.8 Å². The maximum atomic E-state index is 13.9. The van der Waals surface area contributed by atoms with Crippen LogP contribution in [0.4, 0.5) is 4.39 Å². The summed E-state index contributed by atoms with van der Waals surface area (Å²) in [4.78, 5) is 31.2. The molecule has 0 saturated carbocycles. The van der Waals surface area contributed by atoms with Crippen LogP contribution < -0.4 is 4.74 Å². The fourth-order valence-electron chi connectivity index (χ4n) is 3.52. The zero-order valence-electron chi connectivity index (χ0n) is 15.7. The number of hydrogen-bond donors (Lipinski definition) is 0. The van der Waals surface area contributed by atoms with Gasteiger partial charge in [-0.3, -0.25) is 4.79 Å². The maximum Gasteiger partial charge on any atom is 0.328 e. The number of hydrogen-bond acceptors (Lipinski definition) is 5. The average Bonchev–Trinajstić information content (AvgIpc) is 3.17. The van der Waals surface area contributed by atoms with Gasteiger partial charge in [-0.1, -0.05) is 36.4 Å². The fraction of sp³-hybridized carbons (Fsp3) is 0.227. The Morgan fingerprint density at radius 1 is 1.07 bits per heavy atom. The van der Waals surface area contributed by atoms with E-state index in [1.807, 2.05) is 30.3 Å². The lowest BCUT2D eigenvalue weighted by molar-refractivity contribution is -0.145. The van der Waals surface area contributed by atoms with Crippen LogP contribution in [-0.4, -0.2) is 47.6 Å². The lowest BCUT2D eigenvalue weighted by Crippen LogP contribution is -2.41. The Bertz CT molecular complexity index is 1070. The summed E-state index contributed by atoms with van der Waals surface area (Å²) in [5.41, 5.74) is 0.912. The van der Waals surface area contributed by atoms with Crippen molar-refractivity contribution in [1.82, 2.24) is 9.88 Å². The number of amides is 1. The molecule has 0 aliphatic carbocycles. The van der Waals surface area contributed by atoms with Crippen molar-refractivity contribution in [2.75, 3.05) is 13.7 Å². The van der Waals surface area contributed by atoms with Crippen molar-refractivity contribution in [3.8, 4) is 5.75 Å². The third-order valence-corrected chi connectivity index (χ3v) is 4.94. The van der Waals surface area contributed by atoms with E-state index in [9.17, 15) is 14.0 Å². The van der Waals surface area contributed by atoms with E-state index in [1.54, 1.807) is 18.2 Å². The number of pyridine rings is 1. The highest BCUT2D eigenvalue weighted by Gasteiger charge is 2.42. The molecule has 2 heterocycles. The highest BCUT2D eigenvalue weighted by atomic mass is 19.1. The number of likely N-dealkylation sites (tertiary alicyclic amines) is 1. The van der Waals surface area contributed by atoms with E-state index in [1.165, 1.54) is 24.1 Å². The molecule has 0 radical (unpaired) electrons. The highest BCUT2D eigenvalue weighted by molar-refractivity contribution is 5.97. The Morgan fingerprint density at radius 3 is 2.62 bits per heavy atom. The summed E-state index contributed by atoms with van der Waals surface area (Å²) in [6, 6.07) is 16.1. The normalized spacial score (nSPS) is 18.6. The zero-order valence-corrected chi connectivity index (χ0v) is 15.7. The van der Waals surface area contributed by atoms with Gasteiger partial charge < -0.3 is 14.4 Å². The number of nitrogens with zero attached hydrogens (tertiary/aromatic N) is 2. The number of fused-ring (bicyclic) bond motifs is 1. The smallest absolute Gasteiger partial charge is 0.328 e. The number of rotatable bonds is 4. The number of para-hydroxylation sites is 2. The van der Waals surface area contributed by atoms with Crippen molar-refractivity contribution in [1.29, 1.82) is 0 Å². The summed E-state index contributed by atoms with van der Waals surface area (Å²) in [5, 5.41) is 0.913. The molecule has 1 aromatic heterocycles. The van der Waals surface area contributed by atoms with Gasteiger partial charge in [0.25, 0.3) is 5.91 Å². The van der Waals surface area contributed by atoms with E-state index in [-0.39, 0.29) is 24.4 Å². The molecule has 1 aliphatic heterocycles. The average molecular weight is 394 g/mol. The van der Waals surface area contributed by atoms with E-state index < -0.39 is 29.8 Å². The van der Waals surface area contributed by atoms with E-state index in [4.69, 9.17) is 9.47 Å². The van der Waals surface area contributed by atoms with Crippen LogP contribution in [0.25, 0.3) is 10.9 Å². The topological polar surface area (TPSA) is 68.7 Å². The van der Waals surface area contributed by atoms with Crippen molar-refractivity contribution in [2.24, 2.45) is 0 Å². The summed E-state index contributed by atoms with van der Waals surface area (Å²) in [5.74, 6) is -1.35. The van der Waals surface area contributed by atoms with Crippen molar-refractivity contribution >= 4 is 22.8 Å². The molecule has 1 saturated heterocycles. The minimum atomic E-state index is -0.822. The zero-order chi connectivity index (χ0) is 20.4. The van der Waals surface area contributed by atoms with E-state index >= 15 is 0 Å². The second-order valence-electron chi connectivity index (χ2n) is 6.79. The minimum Gasteiger partial charge on any atom is -0.485 e. The molecule has 0 bridgehead atoms. The van der Waals surface area contributed by atoms with Gasteiger partial charge in [0.2, 0.25) is 0 Å². The monoisotopic (exact) mass is 394 g/mol. The van der Waals surface area contributed by atoms with Crippen molar-refractivity contribution < 1.29 is 23.5 Å². The standard InChI is InChI=1S/C22H19FN2O4/c1-28-22(27)19-12-15(29-20-9-5-3-7-16(20)23)13-25(19)21(26)18-11-10-14-6-2-4-8-17(14)24-18/h2-11,15,19H,12-13H2,1H3. The van der Waals surface area contributed by atoms with Crippen LogP contribution in [0.2, 0.25) is 0 Å². The number of carbonyl (C=O) groups is 2. The first-order chi connectivity index (χ1) is 14.1. The molecule has 2 aromatic carbocycles. The van der Waals surface area contributed by atoms with E-state index in [0.29, 0.717) is 5.52 Å². The maximum absolute atomic E-state index is 13.9. The number of aromatic nitrogens is 1. The van der Waals surface area contributed by atoms with Gasteiger partial charge in [0.1, 0.15) is 17.8 Å². The van der Waals surface area contributed by atoms with Crippen molar-refractivity contribution in [3.05, 3.63) is 72.2 Å². The number of benzene rings is 2. The molecular weight excluding hydrogens is 375 g/mol. The van der Waals surface area contributed by atoms with Gasteiger partial charge in [0.05, 0.1) is 19.2 Å². The number of halogens is 1. The quantitative estimate of drug-likeness (QED) is 0.636. The van der Waals surface area contributed by atoms with Crippen LogP contribution in [0.1, 0.15) is 16.9 Å². The lowest BCUT2D eigenvalue weighted by atomic mass is 10.1. The summed E-state index contributed by atoms with van der Waals surface area (Å²) in [6.07, 6.45) is -0.333. The summed E-state index contributed by atoms with van der Waals surface area (Å²) >= 11 is 0. The molecular formula is C22H19FN2O4. The van der Waals surface area contributed by atoms with Crippen LogP contribution in [0, 0.1) is 5.82 Å². The number of ether oxygens (including phenoxy) is 2. The van der Waals surface area contributed by atoms with Gasteiger partial charge in [-0.15, -0.1) is 0 Å². The highest BCUT2D eigenvalue weighted by Crippen LogP contribution is 2.27. The third-order valence-electron chi connectivity index (χ3n) is 4.94. The molecule has 29 heavy (non-hydrogen) atoms. The Morgan fingerprint density at radius 2 is 1.83 bits per heavy atom. The minimum absolute atomic E-state index is 0.0826. The molecule has 148 valence electrons. The van der Waals surface area contributed by atoms with Gasteiger partial charge in [0.15, 0.2) is 11.6 Å². The second kappa shape index (κ2) is 7.87. The van der Waals surface area contributed by atoms with E-state index in [0.717, 1.165) is 5.39 Å². The Balaban J connectivity index is 1.59. The largest absolute Gasteiger partial charge is 0.485 e. The molecule has 0 spiro atoms. The molecule has 3 aromatic rings. The Hall–Kier alpha value is -3.48. The SMILES string of the molecule is COC(=O)C1CC(Oc2ccccc2F)CN1C(=O)c1ccc2ccccc2n1. The molecule has 0 N–H and O–H groups in total. The summed E-state index contributed by atoms with van der Waals surface area (Å²) in [7, 11) is 1.27. The first kappa shape index (κ1) is 18.9. The number of methoxy groups -OCH3 is 1. The Kier molecular flexibility index (Phi) is 5.12. The van der Waals surface area contributed by atoms with Gasteiger partial charge in [-0.05, 0) is 24.3 Å². The van der Waals surface area contributed by atoms with Crippen LogP contribution >= 0.6 is 0 Å². The molecule has 7 heteroatoms. The molecule has 1 fully saturated rings. The predicted octanol–water partition coefficient (Wildman–Crippen LogP) is 3.21. The summed E-state index contributed by atoms with van der Waals surface area (Å²) < 4.78 is 24.5. The van der Waals surface area contributed by atoms with Gasteiger partial charge in [-0.25, -0.2) is 14.2 Å². The second-order valence-corrected chi connectivity index (χ2v) is 6.79. The fourth-order valence-corrected chi connectivity index (χ4v) is 3.52. The first-order valence-electron chi connectivity index (χ1n) is 9.22. The molecule has 1 amide bonds. The predicted molar refractivity (Wildman–Crippen MR) is 104 cm³/mol. The molecule has 4 rings (SSSR count). The van der Waals surface area contributed by atoms with Crippen LogP contribution in [0.5, 0.6) is 5.75 Å². The third kappa shape index (κ3) is 3.76. The van der Waals surface area contributed by atoms with Gasteiger partial charge in [-0.2, -0.15) is 0 Å². The summed E-state index contributed by atoms with van der Waals surface area (Å²) in [6.45, 7) is 0.126. The number of carbonyl (C=O) groups excluding carboxylic acids is 2. The molecule has 1 aliphatic rings. The van der Waals surface area contributed by atoms with Crippen LogP contribution in [0.3, 0.4) is 0 Å². The lowest BCUT2D eigenvalue weighted by Gasteiger charge is -2.22.